The van der Waals surface area contributed by atoms with E-state index in [0.29, 0.717) is 0 Å². The number of hydrogen-bond donors (Lipinski definition) is 1. The lowest BCUT2D eigenvalue weighted by molar-refractivity contribution is -0.136. The summed E-state index contributed by atoms with van der Waals surface area (Å²) in [4.78, 5) is 10.6. The largest absolute Gasteiger partial charge is 0.481 e. The van der Waals surface area contributed by atoms with Crippen LogP contribution in [0.2, 0.25) is 0 Å². The third-order valence-electron chi connectivity index (χ3n) is 2.29. The van der Waals surface area contributed by atoms with Crippen LogP contribution in [0.15, 0.2) is 0 Å². The van der Waals surface area contributed by atoms with Crippen LogP contribution in [-0.2, 0) is 17.8 Å². The molecule has 78 valence electrons. The topological polar surface area (TPSA) is 55.1 Å². The fourth-order valence-corrected chi connectivity index (χ4v) is 1.57. The first-order valence-corrected chi connectivity index (χ1v) is 4.81. The van der Waals surface area contributed by atoms with E-state index in [1.165, 1.54) is 0 Å². The Bertz CT molecular complexity index is 342. The van der Waals surface area contributed by atoms with Crippen LogP contribution in [-0.4, -0.2) is 20.9 Å². The highest BCUT2D eigenvalue weighted by Gasteiger charge is 2.13. The van der Waals surface area contributed by atoms with Gasteiger partial charge in [0, 0.05) is 17.8 Å². The zero-order chi connectivity index (χ0) is 10.7. The first-order chi connectivity index (χ1) is 6.56. The number of carboxylic acids is 1. The Balaban J connectivity index is 2.98. The van der Waals surface area contributed by atoms with Gasteiger partial charge in [-0.2, -0.15) is 5.10 Å². The van der Waals surface area contributed by atoms with Gasteiger partial charge in [-0.1, -0.05) is 6.92 Å². The standard InChI is InChI=1S/C10H16N2O2/c1-4-5-12-8(3)9(6-10(13)14)7(2)11-12/h4-6H2,1-3H3,(H,13,14). The summed E-state index contributed by atoms with van der Waals surface area (Å²) in [6.07, 6.45) is 1.08. The van der Waals surface area contributed by atoms with Crippen molar-refractivity contribution in [2.24, 2.45) is 0 Å². The lowest BCUT2D eigenvalue weighted by atomic mass is 10.1. The lowest BCUT2D eigenvalue weighted by Crippen LogP contribution is -2.04. The number of aryl methyl sites for hydroxylation is 2. The van der Waals surface area contributed by atoms with Gasteiger partial charge in [-0.05, 0) is 20.3 Å². The van der Waals surface area contributed by atoms with E-state index < -0.39 is 5.97 Å². The molecule has 0 saturated heterocycles. The molecule has 4 nitrogen and oxygen atoms in total. The summed E-state index contributed by atoms with van der Waals surface area (Å²) < 4.78 is 1.88. The molecule has 1 rings (SSSR count). The Hall–Kier alpha value is -1.32. The highest BCUT2D eigenvalue weighted by atomic mass is 16.4. The summed E-state index contributed by atoms with van der Waals surface area (Å²) in [5, 5.41) is 13.0. The van der Waals surface area contributed by atoms with Crippen LogP contribution in [0.4, 0.5) is 0 Å². The molecule has 0 aliphatic carbocycles. The molecule has 0 bridgehead atoms. The van der Waals surface area contributed by atoms with Crippen molar-refractivity contribution in [3.05, 3.63) is 17.0 Å². The predicted molar refractivity (Wildman–Crippen MR) is 53.3 cm³/mol. The van der Waals surface area contributed by atoms with Crippen LogP contribution < -0.4 is 0 Å². The number of aromatic nitrogens is 2. The van der Waals surface area contributed by atoms with Crippen molar-refractivity contribution in [2.45, 2.75) is 40.2 Å². The monoisotopic (exact) mass is 196 g/mol. The normalized spacial score (nSPS) is 10.5. The quantitative estimate of drug-likeness (QED) is 0.794. The summed E-state index contributed by atoms with van der Waals surface area (Å²) in [6, 6.07) is 0. The Labute approximate surface area is 83.5 Å². The van der Waals surface area contributed by atoms with Crippen molar-refractivity contribution >= 4 is 5.97 Å². The fourth-order valence-electron chi connectivity index (χ4n) is 1.57. The van der Waals surface area contributed by atoms with Gasteiger partial charge in [-0.25, -0.2) is 0 Å². The van der Waals surface area contributed by atoms with Crippen LogP contribution in [0, 0.1) is 13.8 Å². The van der Waals surface area contributed by atoms with Gasteiger partial charge in [0.2, 0.25) is 0 Å². The summed E-state index contributed by atoms with van der Waals surface area (Å²) in [5.41, 5.74) is 2.66. The van der Waals surface area contributed by atoms with Crippen LogP contribution in [0.3, 0.4) is 0 Å². The maximum atomic E-state index is 10.6. The van der Waals surface area contributed by atoms with Crippen molar-refractivity contribution < 1.29 is 9.90 Å². The third kappa shape index (κ3) is 2.13. The van der Waals surface area contributed by atoms with E-state index in [4.69, 9.17) is 5.11 Å². The number of carboxylic acid groups (broad SMARTS) is 1. The predicted octanol–water partition coefficient (Wildman–Crippen LogP) is 1.54. The smallest absolute Gasteiger partial charge is 0.307 e. The number of hydrogen-bond acceptors (Lipinski definition) is 2. The van der Waals surface area contributed by atoms with E-state index in [-0.39, 0.29) is 6.42 Å². The van der Waals surface area contributed by atoms with E-state index in [0.717, 1.165) is 29.9 Å². The minimum absolute atomic E-state index is 0.0708. The van der Waals surface area contributed by atoms with Crippen LogP contribution >= 0.6 is 0 Å². The Morgan fingerprint density at radius 1 is 1.50 bits per heavy atom. The molecule has 1 heterocycles. The molecular formula is C10H16N2O2. The second-order valence-electron chi connectivity index (χ2n) is 3.44. The number of aliphatic carboxylic acids is 1. The van der Waals surface area contributed by atoms with Gasteiger partial charge < -0.3 is 5.11 Å². The molecule has 0 radical (unpaired) electrons. The molecule has 1 aromatic rings. The Kier molecular flexibility index (Phi) is 3.28. The molecule has 1 aromatic heterocycles. The second kappa shape index (κ2) is 4.26. The molecule has 1 N–H and O–H groups in total. The first kappa shape index (κ1) is 10.8. The Morgan fingerprint density at radius 2 is 2.14 bits per heavy atom. The molecule has 0 aliphatic rings. The first-order valence-electron chi connectivity index (χ1n) is 4.81. The van der Waals surface area contributed by atoms with Crippen LogP contribution in [0.1, 0.15) is 30.3 Å². The van der Waals surface area contributed by atoms with Crippen molar-refractivity contribution in [3.8, 4) is 0 Å². The minimum Gasteiger partial charge on any atom is -0.481 e. The van der Waals surface area contributed by atoms with E-state index in [2.05, 4.69) is 12.0 Å². The van der Waals surface area contributed by atoms with E-state index in [1.807, 2.05) is 18.5 Å². The number of carbonyl (C=O) groups is 1. The van der Waals surface area contributed by atoms with Gasteiger partial charge in [-0.15, -0.1) is 0 Å². The molecule has 0 amide bonds. The van der Waals surface area contributed by atoms with Crippen molar-refractivity contribution in [1.82, 2.24) is 9.78 Å². The van der Waals surface area contributed by atoms with E-state index in [1.54, 1.807) is 0 Å². The maximum Gasteiger partial charge on any atom is 0.307 e. The van der Waals surface area contributed by atoms with Gasteiger partial charge in [0.25, 0.3) is 0 Å². The molecule has 0 spiro atoms. The summed E-state index contributed by atoms with van der Waals surface area (Å²) in [5.74, 6) is -0.799. The fraction of sp³-hybridized carbons (Fsp3) is 0.600. The molecule has 0 aromatic carbocycles. The van der Waals surface area contributed by atoms with Crippen molar-refractivity contribution in [3.63, 3.8) is 0 Å². The van der Waals surface area contributed by atoms with Gasteiger partial charge >= 0.3 is 5.97 Å². The summed E-state index contributed by atoms with van der Waals surface area (Å²) in [7, 11) is 0. The van der Waals surface area contributed by atoms with Crippen LogP contribution in [0.25, 0.3) is 0 Å². The average Bonchev–Trinajstić information content (AvgIpc) is 2.33. The van der Waals surface area contributed by atoms with Crippen molar-refractivity contribution in [2.75, 3.05) is 0 Å². The molecule has 0 saturated carbocycles. The van der Waals surface area contributed by atoms with Gasteiger partial charge in [0.05, 0.1) is 12.1 Å². The van der Waals surface area contributed by atoms with Crippen LogP contribution in [0.5, 0.6) is 0 Å². The third-order valence-corrected chi connectivity index (χ3v) is 2.29. The summed E-state index contributed by atoms with van der Waals surface area (Å²) >= 11 is 0. The van der Waals surface area contributed by atoms with Gasteiger partial charge in [0.15, 0.2) is 0 Å². The molecular weight excluding hydrogens is 180 g/mol. The van der Waals surface area contributed by atoms with Gasteiger partial charge in [0.1, 0.15) is 0 Å². The molecule has 4 heteroatoms. The molecule has 14 heavy (non-hydrogen) atoms. The minimum atomic E-state index is -0.799. The highest BCUT2D eigenvalue weighted by Crippen LogP contribution is 2.13. The Morgan fingerprint density at radius 3 is 2.64 bits per heavy atom. The molecule has 0 unspecified atom stereocenters. The van der Waals surface area contributed by atoms with E-state index >= 15 is 0 Å². The number of nitrogens with zero attached hydrogens (tertiary/aromatic N) is 2. The lowest BCUT2D eigenvalue weighted by Gasteiger charge is -2.01. The average molecular weight is 196 g/mol. The molecule has 0 aliphatic heterocycles. The maximum absolute atomic E-state index is 10.6. The molecule has 0 atom stereocenters. The molecule has 0 fully saturated rings. The number of rotatable bonds is 4. The second-order valence-corrected chi connectivity index (χ2v) is 3.44. The SMILES string of the molecule is CCCn1nc(C)c(CC(=O)O)c1C. The van der Waals surface area contributed by atoms with Gasteiger partial charge in [-0.3, -0.25) is 9.48 Å². The van der Waals surface area contributed by atoms with E-state index in [9.17, 15) is 4.79 Å². The zero-order valence-electron chi connectivity index (χ0n) is 8.87. The zero-order valence-corrected chi connectivity index (χ0v) is 8.87. The summed E-state index contributed by atoms with van der Waals surface area (Å²) in [6.45, 7) is 6.71. The van der Waals surface area contributed by atoms with Crippen molar-refractivity contribution in [1.29, 1.82) is 0 Å². The highest BCUT2D eigenvalue weighted by molar-refractivity contribution is 5.70.